The molecule has 2 nitrogen and oxygen atoms in total. The standard InChI is InChI=1S/C14H20F4N2/c1-10(2)20(3)8-4-7-19-13-6-5-11(9-12(13)15)14(16,17)18/h5-6,9-10,19H,4,7-8H2,1-3H3. The molecule has 0 bridgehead atoms. The van der Waals surface area contributed by atoms with Gasteiger partial charge in [-0.2, -0.15) is 13.2 Å². The Hall–Kier alpha value is -1.30. The zero-order chi connectivity index (χ0) is 15.3. The van der Waals surface area contributed by atoms with Gasteiger partial charge in [0, 0.05) is 12.6 Å². The summed E-state index contributed by atoms with van der Waals surface area (Å²) < 4.78 is 50.7. The summed E-state index contributed by atoms with van der Waals surface area (Å²) in [4.78, 5) is 2.14. The molecule has 1 aromatic rings. The zero-order valence-electron chi connectivity index (χ0n) is 11.9. The van der Waals surface area contributed by atoms with Crippen molar-refractivity contribution in [1.82, 2.24) is 4.90 Å². The van der Waals surface area contributed by atoms with Crippen LogP contribution in [0.25, 0.3) is 0 Å². The van der Waals surface area contributed by atoms with E-state index in [4.69, 9.17) is 0 Å². The zero-order valence-corrected chi connectivity index (χ0v) is 11.9. The number of rotatable bonds is 6. The van der Waals surface area contributed by atoms with Gasteiger partial charge in [-0.1, -0.05) is 0 Å². The fourth-order valence-corrected chi connectivity index (χ4v) is 1.64. The van der Waals surface area contributed by atoms with Gasteiger partial charge in [0.25, 0.3) is 0 Å². The number of hydrogen-bond acceptors (Lipinski definition) is 2. The number of alkyl halides is 3. The molecule has 0 aliphatic carbocycles. The van der Waals surface area contributed by atoms with Gasteiger partial charge >= 0.3 is 6.18 Å². The summed E-state index contributed by atoms with van der Waals surface area (Å²) in [6, 6.07) is 2.95. The minimum Gasteiger partial charge on any atom is -0.383 e. The molecule has 20 heavy (non-hydrogen) atoms. The van der Waals surface area contributed by atoms with E-state index >= 15 is 0 Å². The lowest BCUT2D eigenvalue weighted by molar-refractivity contribution is -0.137. The number of benzene rings is 1. The molecule has 114 valence electrons. The van der Waals surface area contributed by atoms with Crippen molar-refractivity contribution >= 4 is 5.69 Å². The van der Waals surface area contributed by atoms with Crippen molar-refractivity contribution in [1.29, 1.82) is 0 Å². The van der Waals surface area contributed by atoms with Crippen molar-refractivity contribution in [2.75, 3.05) is 25.5 Å². The molecule has 0 fully saturated rings. The highest BCUT2D eigenvalue weighted by Gasteiger charge is 2.31. The van der Waals surface area contributed by atoms with Crippen LogP contribution in [-0.2, 0) is 6.18 Å². The van der Waals surface area contributed by atoms with Gasteiger partial charge in [0.2, 0.25) is 0 Å². The number of nitrogens with one attached hydrogen (secondary N) is 1. The maximum atomic E-state index is 13.5. The summed E-state index contributed by atoms with van der Waals surface area (Å²) in [5.74, 6) is -0.878. The second-order valence-corrected chi connectivity index (χ2v) is 5.05. The number of anilines is 1. The van der Waals surface area contributed by atoms with Crippen LogP contribution in [0.1, 0.15) is 25.8 Å². The van der Waals surface area contributed by atoms with Crippen molar-refractivity contribution in [3.05, 3.63) is 29.6 Å². The lowest BCUT2D eigenvalue weighted by atomic mass is 10.2. The third-order valence-electron chi connectivity index (χ3n) is 3.18. The average Bonchev–Trinajstić information content (AvgIpc) is 2.34. The minimum absolute atomic E-state index is 0.102. The van der Waals surface area contributed by atoms with Crippen LogP contribution < -0.4 is 5.32 Å². The molecule has 0 saturated heterocycles. The predicted octanol–water partition coefficient (Wildman–Crippen LogP) is 3.99. The third kappa shape index (κ3) is 5.00. The first-order valence-electron chi connectivity index (χ1n) is 6.52. The Morgan fingerprint density at radius 2 is 1.90 bits per heavy atom. The Bertz CT molecular complexity index is 430. The molecule has 0 aliphatic heterocycles. The Morgan fingerprint density at radius 3 is 2.40 bits per heavy atom. The van der Waals surface area contributed by atoms with E-state index in [0.717, 1.165) is 25.1 Å². The molecule has 1 rings (SSSR count). The Labute approximate surface area is 116 Å². The van der Waals surface area contributed by atoms with Crippen LogP contribution in [0.2, 0.25) is 0 Å². The minimum atomic E-state index is -4.51. The van der Waals surface area contributed by atoms with E-state index < -0.39 is 17.6 Å². The second kappa shape index (κ2) is 6.92. The topological polar surface area (TPSA) is 15.3 Å². The highest BCUT2D eigenvalue weighted by Crippen LogP contribution is 2.31. The molecule has 0 amide bonds. The summed E-state index contributed by atoms with van der Waals surface area (Å²) in [6.45, 7) is 5.50. The Balaban J connectivity index is 2.49. The van der Waals surface area contributed by atoms with Crippen LogP contribution in [0.5, 0.6) is 0 Å². The molecule has 0 spiro atoms. The molecular weight excluding hydrogens is 272 g/mol. The monoisotopic (exact) mass is 292 g/mol. The van der Waals surface area contributed by atoms with Crippen molar-refractivity contribution in [3.63, 3.8) is 0 Å². The van der Waals surface area contributed by atoms with E-state index in [1.54, 1.807) is 0 Å². The summed E-state index contributed by atoms with van der Waals surface area (Å²) in [7, 11) is 1.99. The van der Waals surface area contributed by atoms with Gasteiger partial charge in [-0.25, -0.2) is 4.39 Å². The molecule has 6 heteroatoms. The molecule has 0 heterocycles. The largest absolute Gasteiger partial charge is 0.416 e. The molecular formula is C14H20F4N2. The molecule has 0 aliphatic rings. The molecule has 1 N–H and O–H groups in total. The predicted molar refractivity (Wildman–Crippen MR) is 72.3 cm³/mol. The van der Waals surface area contributed by atoms with E-state index in [2.05, 4.69) is 24.1 Å². The molecule has 0 radical (unpaired) electrons. The fourth-order valence-electron chi connectivity index (χ4n) is 1.64. The van der Waals surface area contributed by atoms with Crippen LogP contribution in [0.3, 0.4) is 0 Å². The van der Waals surface area contributed by atoms with Crippen molar-refractivity contribution in [2.45, 2.75) is 32.5 Å². The van der Waals surface area contributed by atoms with Crippen molar-refractivity contribution < 1.29 is 17.6 Å². The maximum Gasteiger partial charge on any atom is 0.416 e. The fraction of sp³-hybridized carbons (Fsp3) is 0.571. The van der Waals surface area contributed by atoms with Gasteiger partial charge in [0.15, 0.2) is 0 Å². The van der Waals surface area contributed by atoms with Crippen molar-refractivity contribution in [3.8, 4) is 0 Å². The van der Waals surface area contributed by atoms with Gasteiger partial charge in [-0.05, 0) is 52.1 Å². The molecule has 0 aromatic heterocycles. The maximum absolute atomic E-state index is 13.5. The Kier molecular flexibility index (Phi) is 5.80. The van der Waals surface area contributed by atoms with Crippen LogP contribution in [0.4, 0.5) is 23.2 Å². The van der Waals surface area contributed by atoms with Gasteiger partial charge < -0.3 is 10.2 Å². The van der Waals surface area contributed by atoms with E-state index in [1.807, 2.05) is 7.05 Å². The molecule has 0 atom stereocenters. The van der Waals surface area contributed by atoms with Crippen LogP contribution in [-0.4, -0.2) is 31.1 Å². The number of nitrogens with zero attached hydrogens (tertiary/aromatic N) is 1. The lowest BCUT2D eigenvalue weighted by Gasteiger charge is -2.21. The van der Waals surface area contributed by atoms with Crippen LogP contribution >= 0.6 is 0 Å². The van der Waals surface area contributed by atoms with Crippen molar-refractivity contribution in [2.24, 2.45) is 0 Å². The van der Waals surface area contributed by atoms with E-state index in [1.165, 1.54) is 0 Å². The average molecular weight is 292 g/mol. The molecule has 1 aromatic carbocycles. The third-order valence-corrected chi connectivity index (χ3v) is 3.18. The summed E-state index contributed by atoms with van der Waals surface area (Å²) >= 11 is 0. The lowest BCUT2D eigenvalue weighted by Crippen LogP contribution is -2.28. The first-order valence-corrected chi connectivity index (χ1v) is 6.52. The number of halogens is 4. The van der Waals surface area contributed by atoms with Gasteiger partial charge in [-0.15, -0.1) is 0 Å². The summed E-state index contributed by atoms with van der Waals surface area (Å²) in [5, 5.41) is 2.82. The SMILES string of the molecule is CC(C)N(C)CCCNc1ccc(C(F)(F)F)cc1F. The van der Waals surface area contributed by atoms with Gasteiger partial charge in [0.1, 0.15) is 5.82 Å². The Morgan fingerprint density at radius 1 is 1.25 bits per heavy atom. The second-order valence-electron chi connectivity index (χ2n) is 5.05. The normalized spacial score (nSPS) is 12.2. The highest BCUT2D eigenvalue weighted by atomic mass is 19.4. The molecule has 0 saturated carbocycles. The van der Waals surface area contributed by atoms with E-state index in [9.17, 15) is 17.6 Å². The summed E-state index contributed by atoms with van der Waals surface area (Å²) in [5.41, 5.74) is -0.870. The quantitative estimate of drug-likeness (QED) is 0.630. The van der Waals surface area contributed by atoms with Crippen LogP contribution in [0, 0.1) is 5.82 Å². The highest BCUT2D eigenvalue weighted by molar-refractivity contribution is 5.46. The van der Waals surface area contributed by atoms with Gasteiger partial charge in [0.05, 0.1) is 11.3 Å². The summed E-state index contributed by atoms with van der Waals surface area (Å²) in [6.07, 6.45) is -3.73. The van der Waals surface area contributed by atoms with Gasteiger partial charge in [-0.3, -0.25) is 0 Å². The smallest absolute Gasteiger partial charge is 0.383 e. The van der Waals surface area contributed by atoms with Crippen LogP contribution in [0.15, 0.2) is 18.2 Å². The van der Waals surface area contributed by atoms with E-state index in [0.29, 0.717) is 18.7 Å². The van der Waals surface area contributed by atoms with E-state index in [-0.39, 0.29) is 5.69 Å². The first kappa shape index (κ1) is 16.8. The first-order chi connectivity index (χ1) is 9.21. The molecule has 0 unspecified atom stereocenters. The number of hydrogen-bond donors (Lipinski definition) is 1.